The van der Waals surface area contributed by atoms with Crippen molar-refractivity contribution in [2.75, 3.05) is 0 Å². The number of halogens is 1. The molecule has 0 aliphatic heterocycles. The average molecular weight is 429 g/mol. The number of rotatable bonds is 7. The third-order valence-corrected chi connectivity index (χ3v) is 7.59. The topological polar surface area (TPSA) is 63.6 Å². The zero-order valence-electron chi connectivity index (χ0n) is 16.5. The van der Waals surface area contributed by atoms with Crippen molar-refractivity contribution >= 4 is 27.9 Å². The van der Waals surface area contributed by atoms with Gasteiger partial charge in [0, 0.05) is 6.92 Å². The second-order valence-electron chi connectivity index (χ2n) is 8.78. The Kier molecular flexibility index (Phi) is 6.98. The minimum absolute atomic E-state index is 0.364. The highest BCUT2D eigenvalue weighted by molar-refractivity contribution is 9.11. The van der Waals surface area contributed by atoms with Crippen molar-refractivity contribution in [2.45, 2.75) is 84.7 Å². The molecular weight excluding hydrogens is 396 g/mol. The molecule has 0 spiro atoms. The van der Waals surface area contributed by atoms with Crippen LogP contribution in [0.4, 0.5) is 0 Å². The second-order valence-corrected chi connectivity index (χ2v) is 9.24. The third kappa shape index (κ3) is 4.35. The van der Waals surface area contributed by atoms with Crippen molar-refractivity contribution in [3.05, 3.63) is 10.6 Å². The van der Waals surface area contributed by atoms with Crippen LogP contribution >= 0.6 is 15.9 Å². The summed E-state index contributed by atoms with van der Waals surface area (Å²) in [5, 5.41) is 9.42. The molecule has 5 atom stereocenters. The Balaban J connectivity index is 1.97. The van der Waals surface area contributed by atoms with Gasteiger partial charge < -0.3 is 9.84 Å². The van der Waals surface area contributed by atoms with Gasteiger partial charge in [-0.1, -0.05) is 41.8 Å². The summed E-state index contributed by atoms with van der Waals surface area (Å²) in [6.07, 6.45) is 8.39. The zero-order valence-corrected chi connectivity index (χ0v) is 18.1. The number of esters is 1. The van der Waals surface area contributed by atoms with Crippen molar-refractivity contribution in [2.24, 2.45) is 23.2 Å². The molecule has 2 fully saturated rings. The van der Waals surface area contributed by atoms with Crippen LogP contribution in [0.2, 0.25) is 0 Å². The van der Waals surface area contributed by atoms with Gasteiger partial charge in [-0.3, -0.25) is 4.79 Å². The van der Waals surface area contributed by atoms with E-state index < -0.39 is 17.5 Å². The molecule has 0 heterocycles. The first-order valence-corrected chi connectivity index (χ1v) is 10.8. The summed E-state index contributed by atoms with van der Waals surface area (Å²) >= 11 is 3.57. The van der Waals surface area contributed by atoms with Crippen LogP contribution in [-0.4, -0.2) is 22.6 Å². The summed E-state index contributed by atoms with van der Waals surface area (Å²) < 4.78 is 5.09. The van der Waals surface area contributed by atoms with Gasteiger partial charge in [0.1, 0.15) is 0 Å². The lowest BCUT2D eigenvalue weighted by atomic mass is 9.61. The van der Waals surface area contributed by atoms with E-state index in [1.165, 1.54) is 46.0 Å². The van der Waals surface area contributed by atoms with Gasteiger partial charge in [0.05, 0.1) is 0 Å². The van der Waals surface area contributed by atoms with E-state index in [1.54, 1.807) is 5.57 Å². The highest BCUT2D eigenvalue weighted by atomic mass is 79.9. The second kappa shape index (κ2) is 8.45. The van der Waals surface area contributed by atoms with Crippen molar-refractivity contribution in [1.82, 2.24) is 0 Å². The summed E-state index contributed by atoms with van der Waals surface area (Å²) in [7, 11) is 0. The summed E-state index contributed by atoms with van der Waals surface area (Å²) in [5.41, 5.74) is 0.523. The van der Waals surface area contributed by atoms with Crippen LogP contribution in [0.3, 0.4) is 0 Å². The predicted molar refractivity (Wildman–Crippen MR) is 106 cm³/mol. The van der Waals surface area contributed by atoms with E-state index in [9.17, 15) is 14.7 Å². The van der Waals surface area contributed by atoms with E-state index >= 15 is 0 Å². The molecule has 0 aromatic rings. The monoisotopic (exact) mass is 428 g/mol. The number of ether oxygens (including phenoxy) is 1. The normalized spacial score (nSPS) is 33.3. The molecule has 1 N–H and O–H groups in total. The van der Waals surface area contributed by atoms with Crippen molar-refractivity contribution in [3.63, 3.8) is 0 Å². The fourth-order valence-electron chi connectivity index (χ4n) is 5.63. The van der Waals surface area contributed by atoms with Crippen LogP contribution in [0.1, 0.15) is 79.1 Å². The van der Waals surface area contributed by atoms with E-state index in [4.69, 9.17) is 4.74 Å². The van der Waals surface area contributed by atoms with E-state index in [2.05, 4.69) is 34.8 Å². The van der Waals surface area contributed by atoms with Crippen LogP contribution < -0.4 is 0 Å². The molecule has 148 valence electrons. The summed E-state index contributed by atoms with van der Waals surface area (Å²) in [6, 6.07) is 0. The molecule has 0 amide bonds. The Hall–Kier alpha value is -0.840. The largest absolute Gasteiger partial charge is 0.478 e. The number of carboxylic acids is 1. The Morgan fingerprint density at radius 3 is 2.73 bits per heavy atom. The Morgan fingerprint density at radius 1 is 1.46 bits per heavy atom. The first kappa shape index (κ1) is 21.5. The lowest BCUT2D eigenvalue weighted by molar-refractivity contribution is -0.176. The maximum absolute atomic E-state index is 11.5. The summed E-state index contributed by atoms with van der Waals surface area (Å²) in [6.45, 7) is 7.54. The van der Waals surface area contributed by atoms with Crippen LogP contribution in [0, 0.1) is 23.2 Å². The van der Waals surface area contributed by atoms with Crippen molar-refractivity contribution < 1.29 is 19.4 Å². The lowest BCUT2D eigenvalue weighted by Crippen LogP contribution is -2.40. The number of allylic oxidation sites excluding steroid dienone is 1. The standard InChI is InChI=1S/C21H33BrO4/c1-14(7-5-12-21(4,19(24)25)26-15(2)23)17-9-10-18-16(13-22)8-6-11-20(17,18)3/h13-14,17-18H,5-12H2,1-4H3,(H,24,25)/t14-,17-,18?,20+,21-/m1/s1. The van der Waals surface area contributed by atoms with E-state index in [-0.39, 0.29) is 0 Å². The zero-order chi connectivity index (χ0) is 19.5. The average Bonchev–Trinajstić information content (AvgIpc) is 2.90. The van der Waals surface area contributed by atoms with Crippen molar-refractivity contribution in [1.29, 1.82) is 0 Å². The lowest BCUT2D eigenvalue weighted by Gasteiger charge is -2.44. The smallest absolute Gasteiger partial charge is 0.347 e. The molecule has 2 aliphatic carbocycles. The molecule has 0 saturated heterocycles. The third-order valence-electron chi connectivity index (χ3n) is 7.00. The quantitative estimate of drug-likeness (QED) is 0.528. The molecule has 2 aliphatic rings. The molecule has 5 heteroatoms. The van der Waals surface area contributed by atoms with Crippen molar-refractivity contribution in [3.8, 4) is 0 Å². The fourth-order valence-corrected chi connectivity index (χ4v) is 6.17. The van der Waals surface area contributed by atoms with Crippen LogP contribution in [0.15, 0.2) is 10.6 Å². The van der Waals surface area contributed by atoms with Gasteiger partial charge in [-0.05, 0) is 80.0 Å². The minimum atomic E-state index is -1.41. The predicted octanol–water partition coefficient (Wildman–Crippen LogP) is 5.69. The molecule has 0 aromatic carbocycles. The van der Waals surface area contributed by atoms with Crippen LogP contribution in [0.5, 0.6) is 0 Å². The van der Waals surface area contributed by atoms with Gasteiger partial charge in [0.2, 0.25) is 5.60 Å². The first-order valence-electron chi connectivity index (χ1n) is 9.86. The molecule has 26 heavy (non-hydrogen) atoms. The number of carbonyl (C=O) groups is 2. The first-order chi connectivity index (χ1) is 12.1. The van der Waals surface area contributed by atoms with Gasteiger partial charge in [0.25, 0.3) is 0 Å². The van der Waals surface area contributed by atoms with E-state index in [0.717, 1.165) is 12.8 Å². The summed E-state index contributed by atoms with van der Waals surface area (Å²) in [4.78, 5) is 24.9. The molecule has 1 unspecified atom stereocenters. The van der Waals surface area contributed by atoms with Gasteiger partial charge in [-0.15, -0.1) is 0 Å². The molecule has 4 nitrogen and oxygen atoms in total. The highest BCUT2D eigenvalue weighted by Gasteiger charge is 2.50. The Bertz CT molecular complexity index is 572. The number of fused-ring (bicyclic) bond motifs is 1. The van der Waals surface area contributed by atoms with Crippen LogP contribution in [-0.2, 0) is 14.3 Å². The van der Waals surface area contributed by atoms with E-state index in [1.807, 2.05) is 0 Å². The number of carboxylic acid groups (broad SMARTS) is 1. The van der Waals surface area contributed by atoms with Gasteiger partial charge in [0.15, 0.2) is 0 Å². The fraction of sp³-hybridized carbons (Fsp3) is 0.810. The SMILES string of the molecule is CC(=O)O[C@](C)(CCC[C@@H](C)[C@H]1CCC2C(=CBr)CCC[C@]21C)C(=O)O. The minimum Gasteiger partial charge on any atom is -0.478 e. The van der Waals surface area contributed by atoms with E-state index in [0.29, 0.717) is 29.6 Å². The Labute approximate surface area is 165 Å². The molecule has 2 saturated carbocycles. The molecule has 2 rings (SSSR count). The maximum Gasteiger partial charge on any atom is 0.347 e. The highest BCUT2D eigenvalue weighted by Crippen LogP contribution is 2.60. The number of carbonyl (C=O) groups excluding carboxylic acids is 1. The summed E-state index contributed by atoms with van der Waals surface area (Å²) in [5.74, 6) is 0.321. The maximum atomic E-state index is 11.5. The molecule has 0 bridgehead atoms. The van der Waals surface area contributed by atoms with Gasteiger partial charge in [-0.2, -0.15) is 0 Å². The number of hydrogen-bond donors (Lipinski definition) is 1. The molecule has 0 aromatic heterocycles. The van der Waals surface area contributed by atoms with Crippen LogP contribution in [0.25, 0.3) is 0 Å². The van der Waals surface area contributed by atoms with Gasteiger partial charge >= 0.3 is 11.9 Å². The number of hydrogen-bond acceptors (Lipinski definition) is 3. The molecular formula is C21H33BrO4. The number of aliphatic carboxylic acids is 1. The Morgan fingerprint density at radius 2 is 2.15 bits per heavy atom. The van der Waals surface area contributed by atoms with Gasteiger partial charge in [-0.25, -0.2) is 4.79 Å². The molecule has 0 radical (unpaired) electrons.